The predicted octanol–water partition coefficient (Wildman–Crippen LogP) is 3.66. The van der Waals surface area contributed by atoms with Gasteiger partial charge in [-0.05, 0) is 0 Å². The van der Waals surface area contributed by atoms with E-state index in [0.717, 1.165) is 83.5 Å². The van der Waals surface area contributed by atoms with Crippen LogP contribution in [-0.2, 0) is 52.2 Å². The van der Waals surface area contributed by atoms with Crippen LogP contribution in [0.15, 0.2) is 36.5 Å². The number of rotatable bonds is 20. The van der Waals surface area contributed by atoms with E-state index >= 15 is 0 Å². The van der Waals surface area contributed by atoms with Crippen molar-refractivity contribution in [3.63, 3.8) is 0 Å². The maximum absolute atomic E-state index is 12.5. The van der Waals surface area contributed by atoms with Gasteiger partial charge in [0.05, 0.1) is 0 Å². The summed E-state index contributed by atoms with van der Waals surface area (Å²) in [5.41, 5.74) is 0. The third-order valence-corrected chi connectivity index (χ3v) is 12.4. The van der Waals surface area contributed by atoms with E-state index in [9.17, 15) is 28.8 Å². The van der Waals surface area contributed by atoms with Gasteiger partial charge in [0, 0.05) is 0 Å². The Balaban J connectivity index is 5.72. The van der Waals surface area contributed by atoms with Crippen LogP contribution in [-0.4, -0.2) is 76.8 Å². The molecule has 0 saturated heterocycles. The summed E-state index contributed by atoms with van der Waals surface area (Å²) in [7, 11) is 3.33. The topological polar surface area (TPSA) is 158 Å². The summed E-state index contributed by atoms with van der Waals surface area (Å²) in [5, 5.41) is 0. The van der Waals surface area contributed by atoms with E-state index < -0.39 is 55.4 Å². The molecule has 0 bridgehead atoms. The molecule has 0 N–H and O–H groups in total. The number of carbonyl (C=O) groups is 6. The van der Waals surface area contributed by atoms with Gasteiger partial charge >= 0.3 is 241 Å². The molecule has 0 spiro atoms. The van der Waals surface area contributed by atoms with Crippen LogP contribution in [0.4, 0.5) is 0 Å². The molecule has 0 aromatic rings. The van der Waals surface area contributed by atoms with Crippen molar-refractivity contribution >= 4 is 55.4 Å². The molecule has 0 saturated carbocycles. The van der Waals surface area contributed by atoms with Gasteiger partial charge in [-0.1, -0.05) is 0 Å². The summed E-state index contributed by atoms with van der Waals surface area (Å²) in [6.45, 7) is 2.16. The molecule has 0 heterocycles. The molecule has 0 unspecified atom stereocenters. The third-order valence-electron chi connectivity index (χ3n) is 5.27. The van der Waals surface area contributed by atoms with E-state index in [1.54, 1.807) is 0 Å². The van der Waals surface area contributed by atoms with Gasteiger partial charge in [-0.25, -0.2) is 0 Å². The Kier molecular flexibility index (Phi) is 20.8. The monoisotopic (exact) mass is 676 g/mol. The van der Waals surface area contributed by atoms with Crippen LogP contribution < -0.4 is 0 Å². The molecule has 224 valence electrons. The van der Waals surface area contributed by atoms with Crippen molar-refractivity contribution in [3.05, 3.63) is 36.5 Å². The van der Waals surface area contributed by atoms with Crippen molar-refractivity contribution in [2.45, 2.75) is 75.6 Å². The molecule has 0 aliphatic carbocycles. The minimum absolute atomic E-state index is 0.0708. The van der Waals surface area contributed by atoms with Crippen LogP contribution in [0.3, 0.4) is 0 Å². The third kappa shape index (κ3) is 19.0. The molecule has 0 radical (unpaired) electrons. The van der Waals surface area contributed by atoms with Crippen LogP contribution in [0.1, 0.15) is 71.1 Å². The molecule has 0 fully saturated rings. The number of hydrogen-bond donors (Lipinski definition) is 0. The zero-order chi connectivity index (χ0) is 30.2. The zero-order valence-electron chi connectivity index (χ0n) is 23.6. The molecule has 13 heteroatoms. The van der Waals surface area contributed by atoms with Gasteiger partial charge in [-0.3, -0.25) is 0 Å². The SMILES string of the molecule is CCCCCCCCCCC[CH2][Sn]([O]C(=O)/C=C\C(=O)OC)([O]C(=O)/C=C\C(=O)OC)[O]C(=O)/C=C\C(=O)OC. The van der Waals surface area contributed by atoms with Gasteiger partial charge in [-0.15, -0.1) is 0 Å². The molecule has 40 heavy (non-hydrogen) atoms. The molecular weight excluding hydrogens is 635 g/mol. The van der Waals surface area contributed by atoms with E-state index in [2.05, 4.69) is 21.1 Å². The molecule has 0 aliphatic heterocycles. The fourth-order valence-corrected chi connectivity index (χ4v) is 9.61. The fourth-order valence-electron chi connectivity index (χ4n) is 3.22. The van der Waals surface area contributed by atoms with Gasteiger partial charge in [0.2, 0.25) is 0 Å². The standard InChI is InChI=1S/C12H25.3C5H6O4.Sn/c1-3-5-7-9-11-12-10-8-6-4-2;3*1-9-5(8)3-2-4(6)7;/h1,3-12H2,2H3;3*2-3H,1H3,(H,6,7);/q;;;;+3/p-3/b;3*3-2-;. The summed E-state index contributed by atoms with van der Waals surface area (Å²) >= 11 is -5.45. The molecular formula is C27H40O12Sn. The quantitative estimate of drug-likeness (QED) is 0.0608. The molecule has 0 aromatic carbocycles. The summed E-state index contributed by atoms with van der Waals surface area (Å²) < 4.78 is 29.5. The van der Waals surface area contributed by atoms with Crippen LogP contribution in [0.25, 0.3) is 0 Å². The summed E-state index contributed by atoms with van der Waals surface area (Å²) in [6, 6.07) is 0. The first-order chi connectivity index (χ1) is 19.1. The van der Waals surface area contributed by atoms with Crippen molar-refractivity contribution in [1.82, 2.24) is 0 Å². The number of esters is 3. The van der Waals surface area contributed by atoms with E-state index in [1.807, 2.05) is 0 Å². The minimum atomic E-state index is -5.45. The first-order valence-electron chi connectivity index (χ1n) is 13.1. The molecule has 0 atom stereocenters. The van der Waals surface area contributed by atoms with Crippen molar-refractivity contribution in [2.24, 2.45) is 0 Å². The van der Waals surface area contributed by atoms with Gasteiger partial charge in [-0.2, -0.15) is 0 Å². The van der Waals surface area contributed by atoms with Crippen LogP contribution in [0.2, 0.25) is 4.44 Å². The summed E-state index contributed by atoms with van der Waals surface area (Å²) in [4.78, 5) is 71.7. The van der Waals surface area contributed by atoms with Gasteiger partial charge in [0.15, 0.2) is 0 Å². The second kappa shape index (κ2) is 22.6. The maximum atomic E-state index is 12.5. The number of methoxy groups -OCH3 is 3. The number of carbonyl (C=O) groups excluding carboxylic acids is 6. The summed E-state index contributed by atoms with van der Waals surface area (Å²) in [5.74, 6) is -5.86. The Morgan fingerprint density at radius 3 is 1.02 bits per heavy atom. The van der Waals surface area contributed by atoms with Gasteiger partial charge in [0.1, 0.15) is 0 Å². The van der Waals surface area contributed by atoms with Crippen LogP contribution in [0, 0.1) is 0 Å². The Morgan fingerprint density at radius 2 is 0.725 bits per heavy atom. The Labute approximate surface area is 240 Å². The van der Waals surface area contributed by atoms with E-state index in [0.29, 0.717) is 12.8 Å². The normalized spacial score (nSPS) is 11.4. The predicted molar refractivity (Wildman–Crippen MR) is 144 cm³/mol. The number of unbranched alkanes of at least 4 members (excludes halogenated alkanes) is 9. The van der Waals surface area contributed by atoms with Crippen molar-refractivity contribution in [1.29, 1.82) is 0 Å². The summed E-state index contributed by atoms with van der Waals surface area (Å²) in [6.07, 6.45) is 14.5. The molecule has 0 amide bonds. The van der Waals surface area contributed by atoms with Gasteiger partial charge < -0.3 is 0 Å². The fraction of sp³-hybridized carbons (Fsp3) is 0.556. The van der Waals surface area contributed by atoms with Gasteiger partial charge in [0.25, 0.3) is 0 Å². The van der Waals surface area contributed by atoms with E-state index in [-0.39, 0.29) is 4.44 Å². The Hall–Kier alpha value is -3.16. The van der Waals surface area contributed by atoms with Crippen LogP contribution >= 0.6 is 0 Å². The Bertz CT molecular complexity index is 825. The first-order valence-corrected chi connectivity index (χ1v) is 18.6. The molecule has 0 rings (SSSR count). The van der Waals surface area contributed by atoms with E-state index in [4.69, 9.17) is 9.22 Å². The number of hydrogen-bond acceptors (Lipinski definition) is 12. The average molecular weight is 675 g/mol. The van der Waals surface area contributed by atoms with Crippen LogP contribution in [0.5, 0.6) is 0 Å². The average Bonchev–Trinajstić information content (AvgIpc) is 2.94. The number of ether oxygens (including phenoxy) is 3. The Morgan fingerprint density at radius 1 is 0.450 bits per heavy atom. The molecule has 0 aliphatic rings. The van der Waals surface area contributed by atoms with Crippen molar-refractivity contribution < 1.29 is 52.2 Å². The van der Waals surface area contributed by atoms with E-state index in [1.165, 1.54) is 25.7 Å². The second-order valence-electron chi connectivity index (χ2n) is 8.45. The molecule has 0 aromatic heterocycles. The van der Waals surface area contributed by atoms with Crippen molar-refractivity contribution in [3.8, 4) is 0 Å². The second-order valence-corrected chi connectivity index (χ2v) is 15.5. The zero-order valence-corrected chi connectivity index (χ0v) is 26.5. The van der Waals surface area contributed by atoms with Crippen molar-refractivity contribution in [2.75, 3.05) is 21.3 Å². The first kappa shape index (κ1) is 36.8. The molecule has 12 nitrogen and oxygen atoms in total.